The summed E-state index contributed by atoms with van der Waals surface area (Å²) in [6.45, 7) is 0. The van der Waals surface area contributed by atoms with E-state index < -0.39 is 0 Å². The van der Waals surface area contributed by atoms with E-state index in [1.54, 1.807) is 0 Å². The molecule has 1 aromatic carbocycles. The van der Waals surface area contributed by atoms with Crippen molar-refractivity contribution in [3.63, 3.8) is 0 Å². The van der Waals surface area contributed by atoms with Gasteiger partial charge in [-0.15, -0.1) is 10.2 Å². The van der Waals surface area contributed by atoms with Gasteiger partial charge in [-0.3, -0.25) is 0 Å². The smallest absolute Gasteiger partial charge is 0.185 e. The third-order valence-corrected chi connectivity index (χ3v) is 1.45. The van der Waals surface area contributed by atoms with Gasteiger partial charge in [0.05, 0.1) is 0 Å². The lowest BCUT2D eigenvalue weighted by molar-refractivity contribution is 0.826. The highest BCUT2D eigenvalue weighted by molar-refractivity contribution is 5.52. The van der Waals surface area contributed by atoms with Crippen LogP contribution >= 0.6 is 0 Å². The molecular formula is C8H6N4. The third kappa shape index (κ3) is 1.27. The largest absolute Gasteiger partial charge is 0.213 e. The summed E-state index contributed by atoms with van der Waals surface area (Å²) in [6.07, 6.45) is 1.38. The van der Waals surface area contributed by atoms with E-state index in [4.69, 9.17) is 0 Å². The van der Waals surface area contributed by atoms with E-state index in [0.717, 1.165) is 5.56 Å². The minimum Gasteiger partial charge on any atom is -0.213 e. The molecule has 2 aromatic rings. The molecule has 0 saturated heterocycles. The van der Waals surface area contributed by atoms with Crippen LogP contribution < -0.4 is 0 Å². The molecule has 0 unspecified atom stereocenters. The summed E-state index contributed by atoms with van der Waals surface area (Å²) in [4.78, 5) is 3.96. The zero-order valence-electron chi connectivity index (χ0n) is 6.25. The quantitative estimate of drug-likeness (QED) is 0.619. The average molecular weight is 158 g/mol. The maximum atomic E-state index is 3.96. The second-order valence-corrected chi connectivity index (χ2v) is 2.24. The predicted octanol–water partition coefficient (Wildman–Crippen LogP) is 0.934. The number of aromatic nitrogens is 4. The van der Waals surface area contributed by atoms with Crippen molar-refractivity contribution in [3.8, 4) is 11.4 Å². The SMILES string of the molecule is c1ccc(-c2ncnnn2)cc1. The number of rotatable bonds is 1. The van der Waals surface area contributed by atoms with Crippen molar-refractivity contribution < 1.29 is 0 Å². The Labute approximate surface area is 69.3 Å². The van der Waals surface area contributed by atoms with Gasteiger partial charge in [0.25, 0.3) is 0 Å². The Balaban J connectivity index is 2.46. The number of hydrogen-bond acceptors (Lipinski definition) is 4. The molecule has 0 aliphatic carbocycles. The van der Waals surface area contributed by atoms with Crippen LogP contribution in [0.4, 0.5) is 0 Å². The summed E-state index contributed by atoms with van der Waals surface area (Å²) in [5.74, 6) is 0.602. The summed E-state index contributed by atoms with van der Waals surface area (Å²) >= 11 is 0. The molecule has 58 valence electrons. The molecule has 1 aromatic heterocycles. The normalized spacial score (nSPS) is 9.67. The van der Waals surface area contributed by atoms with E-state index in [0.29, 0.717) is 5.82 Å². The monoisotopic (exact) mass is 158 g/mol. The molecule has 0 radical (unpaired) electrons. The van der Waals surface area contributed by atoms with Gasteiger partial charge in [-0.2, -0.15) is 0 Å². The van der Waals surface area contributed by atoms with Gasteiger partial charge < -0.3 is 0 Å². The van der Waals surface area contributed by atoms with Crippen molar-refractivity contribution in [1.29, 1.82) is 0 Å². The Morgan fingerprint density at radius 1 is 1.00 bits per heavy atom. The van der Waals surface area contributed by atoms with Crippen molar-refractivity contribution in [2.75, 3.05) is 0 Å². The fraction of sp³-hybridized carbons (Fsp3) is 0. The molecule has 0 bridgehead atoms. The second kappa shape index (κ2) is 3.04. The van der Waals surface area contributed by atoms with Gasteiger partial charge in [0.1, 0.15) is 6.33 Å². The summed E-state index contributed by atoms with van der Waals surface area (Å²) in [7, 11) is 0. The zero-order chi connectivity index (χ0) is 8.23. The van der Waals surface area contributed by atoms with E-state index in [2.05, 4.69) is 20.4 Å². The molecule has 0 N–H and O–H groups in total. The maximum Gasteiger partial charge on any atom is 0.185 e. The van der Waals surface area contributed by atoms with Crippen molar-refractivity contribution in [2.45, 2.75) is 0 Å². The van der Waals surface area contributed by atoms with Gasteiger partial charge in [0, 0.05) is 5.56 Å². The van der Waals surface area contributed by atoms with Gasteiger partial charge in [-0.1, -0.05) is 30.3 Å². The average Bonchev–Trinajstić information content (AvgIpc) is 2.21. The molecule has 0 fully saturated rings. The molecule has 0 saturated carbocycles. The summed E-state index contributed by atoms with van der Waals surface area (Å²) < 4.78 is 0. The van der Waals surface area contributed by atoms with Crippen LogP contribution in [-0.4, -0.2) is 20.4 Å². The summed E-state index contributed by atoms with van der Waals surface area (Å²) in [5.41, 5.74) is 0.951. The Kier molecular flexibility index (Phi) is 1.74. The number of nitrogens with zero attached hydrogens (tertiary/aromatic N) is 4. The minimum absolute atomic E-state index is 0.602. The Bertz CT molecular complexity index is 308. The van der Waals surface area contributed by atoms with Gasteiger partial charge in [-0.25, -0.2) is 4.98 Å². The molecule has 12 heavy (non-hydrogen) atoms. The molecule has 0 aliphatic rings. The first-order chi connectivity index (χ1) is 5.97. The topological polar surface area (TPSA) is 51.6 Å². The second-order valence-electron chi connectivity index (χ2n) is 2.24. The Morgan fingerprint density at radius 2 is 1.83 bits per heavy atom. The minimum atomic E-state index is 0.602. The highest BCUT2D eigenvalue weighted by Gasteiger charge is 1.97. The van der Waals surface area contributed by atoms with Crippen LogP contribution in [0.15, 0.2) is 36.7 Å². The highest BCUT2D eigenvalue weighted by atomic mass is 15.3. The summed E-state index contributed by atoms with van der Waals surface area (Å²) in [6, 6.07) is 9.66. The van der Waals surface area contributed by atoms with Crippen molar-refractivity contribution >= 4 is 0 Å². The lowest BCUT2D eigenvalue weighted by atomic mass is 10.2. The van der Waals surface area contributed by atoms with Gasteiger partial charge in [0.2, 0.25) is 0 Å². The van der Waals surface area contributed by atoms with Crippen molar-refractivity contribution in [3.05, 3.63) is 36.7 Å². The van der Waals surface area contributed by atoms with Crippen LogP contribution in [0.1, 0.15) is 0 Å². The summed E-state index contributed by atoms with van der Waals surface area (Å²) in [5, 5.41) is 10.8. The van der Waals surface area contributed by atoms with Crippen LogP contribution in [0, 0.1) is 0 Å². The van der Waals surface area contributed by atoms with Gasteiger partial charge in [0.15, 0.2) is 5.82 Å². The van der Waals surface area contributed by atoms with Crippen LogP contribution in [-0.2, 0) is 0 Å². The Morgan fingerprint density at radius 3 is 2.50 bits per heavy atom. The van der Waals surface area contributed by atoms with E-state index in [1.165, 1.54) is 6.33 Å². The maximum absolute atomic E-state index is 3.96. The van der Waals surface area contributed by atoms with E-state index in [9.17, 15) is 0 Å². The van der Waals surface area contributed by atoms with Crippen molar-refractivity contribution in [1.82, 2.24) is 20.4 Å². The van der Waals surface area contributed by atoms with Gasteiger partial charge >= 0.3 is 0 Å². The lowest BCUT2D eigenvalue weighted by Gasteiger charge is -1.94. The zero-order valence-corrected chi connectivity index (χ0v) is 6.25. The molecule has 0 amide bonds. The molecular weight excluding hydrogens is 152 g/mol. The number of hydrogen-bond donors (Lipinski definition) is 0. The van der Waals surface area contributed by atoms with Crippen molar-refractivity contribution in [2.24, 2.45) is 0 Å². The molecule has 0 atom stereocenters. The van der Waals surface area contributed by atoms with Crippen LogP contribution in [0.25, 0.3) is 11.4 Å². The molecule has 0 spiro atoms. The molecule has 2 rings (SSSR count). The fourth-order valence-corrected chi connectivity index (χ4v) is 0.917. The van der Waals surface area contributed by atoms with E-state index in [-0.39, 0.29) is 0 Å². The van der Waals surface area contributed by atoms with Crippen LogP contribution in [0.3, 0.4) is 0 Å². The molecule has 4 nitrogen and oxygen atoms in total. The third-order valence-electron chi connectivity index (χ3n) is 1.45. The lowest BCUT2D eigenvalue weighted by Crippen LogP contribution is -1.92. The number of benzene rings is 1. The highest BCUT2D eigenvalue weighted by Crippen LogP contribution is 2.10. The standard InChI is InChI=1S/C8H6N4/c1-2-4-7(5-3-1)8-9-6-10-12-11-8/h1-6H. The molecule has 1 heterocycles. The first-order valence-electron chi connectivity index (χ1n) is 3.52. The molecule has 0 aliphatic heterocycles. The van der Waals surface area contributed by atoms with Gasteiger partial charge in [-0.05, 0) is 5.21 Å². The predicted molar refractivity (Wildman–Crippen MR) is 43.1 cm³/mol. The van der Waals surface area contributed by atoms with Crippen LogP contribution in [0.2, 0.25) is 0 Å². The first kappa shape index (κ1) is 6.84. The van der Waals surface area contributed by atoms with E-state index >= 15 is 0 Å². The van der Waals surface area contributed by atoms with Crippen LogP contribution in [0.5, 0.6) is 0 Å². The fourth-order valence-electron chi connectivity index (χ4n) is 0.917. The molecule has 4 heteroatoms. The first-order valence-corrected chi connectivity index (χ1v) is 3.52. The Hall–Kier alpha value is -1.84. The van der Waals surface area contributed by atoms with E-state index in [1.807, 2.05) is 30.3 Å².